The van der Waals surface area contributed by atoms with Crippen molar-refractivity contribution in [3.63, 3.8) is 0 Å². The number of piperidine rings is 1. The predicted octanol–water partition coefficient (Wildman–Crippen LogP) is 6.66. The van der Waals surface area contributed by atoms with Crippen molar-refractivity contribution in [3.8, 4) is 0 Å². The summed E-state index contributed by atoms with van der Waals surface area (Å²) in [6.07, 6.45) is 8.43. The number of nitrogens with zero attached hydrogens (tertiary/aromatic N) is 3. The molecule has 1 aromatic heterocycles. The van der Waals surface area contributed by atoms with Crippen molar-refractivity contribution in [2.75, 3.05) is 18.0 Å². The molecule has 2 heterocycles. The molecule has 3 aromatic carbocycles. The van der Waals surface area contributed by atoms with E-state index in [0.717, 1.165) is 67.8 Å². The molecular weight excluding hydrogens is 468 g/mol. The Morgan fingerprint density at radius 1 is 0.974 bits per heavy atom. The van der Waals surface area contributed by atoms with Gasteiger partial charge in [0.1, 0.15) is 0 Å². The molecule has 6 rings (SSSR count). The van der Waals surface area contributed by atoms with Crippen molar-refractivity contribution >= 4 is 22.6 Å². The molecule has 1 atom stereocenters. The number of carbonyl (C=O) groups is 1. The van der Waals surface area contributed by atoms with Crippen LogP contribution in [0.3, 0.4) is 0 Å². The average molecular weight is 505 g/mol. The van der Waals surface area contributed by atoms with Gasteiger partial charge in [-0.15, -0.1) is 0 Å². The molecule has 0 radical (unpaired) electrons. The molecule has 1 saturated carbocycles. The van der Waals surface area contributed by atoms with Gasteiger partial charge in [0.15, 0.2) is 0 Å². The highest BCUT2D eigenvalue weighted by atomic mass is 16.1. The minimum atomic E-state index is -0.271. The zero-order valence-electron chi connectivity index (χ0n) is 22.2. The average Bonchev–Trinajstić information content (AvgIpc) is 3.47. The fraction of sp³-hybridized carbons (Fsp3) is 0.364. The molecule has 194 valence electrons. The zero-order valence-corrected chi connectivity index (χ0v) is 22.2. The first-order valence-electron chi connectivity index (χ1n) is 14.1. The molecule has 5 nitrogen and oxygen atoms in total. The van der Waals surface area contributed by atoms with Crippen molar-refractivity contribution in [1.29, 1.82) is 0 Å². The first-order chi connectivity index (χ1) is 18.6. The number of rotatable bonds is 6. The maximum atomic E-state index is 13.8. The second-order valence-electron chi connectivity index (χ2n) is 11.1. The van der Waals surface area contributed by atoms with Crippen molar-refractivity contribution in [2.45, 2.75) is 57.4 Å². The smallest absolute Gasteiger partial charge is 0.255 e. The quantitative estimate of drug-likeness (QED) is 0.319. The first kappa shape index (κ1) is 24.6. The third-order valence-electron chi connectivity index (χ3n) is 8.52. The van der Waals surface area contributed by atoms with Crippen LogP contribution in [0.25, 0.3) is 10.8 Å². The minimum Gasteiger partial charge on any atom is -0.348 e. The molecule has 1 saturated heterocycles. The van der Waals surface area contributed by atoms with E-state index in [1.54, 1.807) is 6.20 Å². The molecule has 1 aliphatic carbocycles. The van der Waals surface area contributed by atoms with Crippen molar-refractivity contribution in [3.05, 3.63) is 101 Å². The summed E-state index contributed by atoms with van der Waals surface area (Å²) >= 11 is 0. The molecular formula is C33H36N4O. The number of aromatic nitrogens is 2. The van der Waals surface area contributed by atoms with Gasteiger partial charge < -0.3 is 10.2 Å². The van der Waals surface area contributed by atoms with E-state index in [2.05, 4.69) is 77.8 Å². The summed E-state index contributed by atoms with van der Waals surface area (Å²) in [6.45, 7) is 4.69. The summed E-state index contributed by atoms with van der Waals surface area (Å²) in [5.41, 5.74) is 3.57. The summed E-state index contributed by atoms with van der Waals surface area (Å²) in [5.74, 6) is 1.28. The molecule has 2 aliphatic rings. The SMILES string of the molecule is CC1CCCN(c2ncc(C(=O)NCc3cccc4ccccc34)c(C3(c4ccccc4)CCCC3)n2)C1. The molecule has 5 heteroatoms. The molecule has 1 amide bonds. The van der Waals surface area contributed by atoms with Crippen LogP contribution in [0, 0.1) is 5.92 Å². The van der Waals surface area contributed by atoms with Gasteiger partial charge in [-0.25, -0.2) is 9.97 Å². The summed E-state index contributed by atoms with van der Waals surface area (Å²) in [7, 11) is 0. The standard InChI is InChI=1S/C33H36N4O/c1-24-11-10-20-37(23-24)32-35-22-29(30(36-32)33(18-7-8-19-33)27-15-3-2-4-16-27)31(38)34-21-26-14-9-13-25-12-5-6-17-28(25)26/h2-6,9,12-17,22,24H,7-8,10-11,18-21,23H2,1H3,(H,34,38). The van der Waals surface area contributed by atoms with E-state index >= 15 is 0 Å². The first-order valence-corrected chi connectivity index (χ1v) is 14.1. The third kappa shape index (κ3) is 4.66. The van der Waals surface area contributed by atoms with Crippen LogP contribution in [-0.4, -0.2) is 29.0 Å². The highest BCUT2D eigenvalue weighted by Crippen LogP contribution is 2.47. The maximum absolute atomic E-state index is 13.8. The summed E-state index contributed by atoms with van der Waals surface area (Å²) in [6, 6.07) is 25.2. The van der Waals surface area contributed by atoms with Crippen LogP contribution in [0.5, 0.6) is 0 Å². The topological polar surface area (TPSA) is 58.1 Å². The minimum absolute atomic E-state index is 0.103. The summed E-state index contributed by atoms with van der Waals surface area (Å²) in [5, 5.41) is 5.56. The highest BCUT2D eigenvalue weighted by molar-refractivity contribution is 5.96. The summed E-state index contributed by atoms with van der Waals surface area (Å²) < 4.78 is 0. The lowest BCUT2D eigenvalue weighted by molar-refractivity contribution is 0.0948. The van der Waals surface area contributed by atoms with Gasteiger partial charge in [0.25, 0.3) is 5.91 Å². The van der Waals surface area contributed by atoms with Crippen LogP contribution in [0.2, 0.25) is 0 Å². The predicted molar refractivity (Wildman–Crippen MR) is 153 cm³/mol. The Bertz CT molecular complexity index is 1420. The van der Waals surface area contributed by atoms with Gasteiger partial charge in [0.05, 0.1) is 11.3 Å². The molecule has 38 heavy (non-hydrogen) atoms. The van der Waals surface area contributed by atoms with Crippen molar-refractivity contribution in [2.24, 2.45) is 5.92 Å². The molecule has 1 N–H and O–H groups in total. The Labute approximate surface area is 225 Å². The second kappa shape index (κ2) is 10.6. The van der Waals surface area contributed by atoms with Gasteiger partial charge >= 0.3 is 0 Å². The Morgan fingerprint density at radius 3 is 2.55 bits per heavy atom. The normalized spacial score (nSPS) is 19.0. The van der Waals surface area contributed by atoms with Gasteiger partial charge in [-0.05, 0) is 53.5 Å². The molecule has 1 unspecified atom stereocenters. The number of hydrogen-bond acceptors (Lipinski definition) is 4. The van der Waals surface area contributed by atoms with Crippen LogP contribution >= 0.6 is 0 Å². The van der Waals surface area contributed by atoms with E-state index < -0.39 is 0 Å². The van der Waals surface area contributed by atoms with Gasteiger partial charge in [-0.2, -0.15) is 0 Å². The number of nitrogens with one attached hydrogen (secondary N) is 1. The zero-order chi connectivity index (χ0) is 26.0. The fourth-order valence-electron chi connectivity index (χ4n) is 6.54. The number of fused-ring (bicyclic) bond motifs is 1. The highest BCUT2D eigenvalue weighted by Gasteiger charge is 2.42. The maximum Gasteiger partial charge on any atom is 0.255 e. The fourth-order valence-corrected chi connectivity index (χ4v) is 6.54. The van der Waals surface area contributed by atoms with Crippen LogP contribution < -0.4 is 10.2 Å². The van der Waals surface area contributed by atoms with E-state index in [0.29, 0.717) is 18.0 Å². The Balaban J connectivity index is 1.38. The molecule has 4 aromatic rings. The van der Waals surface area contributed by atoms with Crippen LogP contribution in [-0.2, 0) is 12.0 Å². The lowest BCUT2D eigenvalue weighted by Crippen LogP contribution is -2.37. The van der Waals surface area contributed by atoms with Gasteiger partial charge in [-0.1, -0.05) is 92.6 Å². The Morgan fingerprint density at radius 2 is 1.74 bits per heavy atom. The largest absolute Gasteiger partial charge is 0.348 e. The van der Waals surface area contributed by atoms with E-state index in [9.17, 15) is 4.79 Å². The molecule has 2 fully saturated rings. The van der Waals surface area contributed by atoms with Crippen LogP contribution in [0.15, 0.2) is 79.0 Å². The molecule has 0 spiro atoms. The monoisotopic (exact) mass is 504 g/mol. The van der Waals surface area contributed by atoms with E-state index in [4.69, 9.17) is 9.97 Å². The Kier molecular flexibility index (Phi) is 6.84. The Hall–Kier alpha value is -3.73. The van der Waals surface area contributed by atoms with Gasteiger partial charge in [0.2, 0.25) is 5.95 Å². The number of hydrogen-bond donors (Lipinski definition) is 1. The lowest BCUT2D eigenvalue weighted by Gasteiger charge is -2.34. The number of amides is 1. The van der Waals surface area contributed by atoms with E-state index in [1.807, 2.05) is 12.1 Å². The van der Waals surface area contributed by atoms with Crippen LogP contribution in [0.1, 0.15) is 72.6 Å². The molecule has 1 aliphatic heterocycles. The summed E-state index contributed by atoms with van der Waals surface area (Å²) in [4.78, 5) is 26.2. The van der Waals surface area contributed by atoms with E-state index in [-0.39, 0.29) is 11.3 Å². The molecule has 0 bridgehead atoms. The lowest BCUT2D eigenvalue weighted by atomic mass is 9.74. The van der Waals surface area contributed by atoms with Crippen molar-refractivity contribution in [1.82, 2.24) is 15.3 Å². The number of carbonyl (C=O) groups excluding carboxylic acids is 1. The van der Waals surface area contributed by atoms with Gasteiger partial charge in [0, 0.05) is 31.2 Å². The van der Waals surface area contributed by atoms with Crippen molar-refractivity contribution < 1.29 is 4.79 Å². The third-order valence-corrected chi connectivity index (χ3v) is 8.52. The van der Waals surface area contributed by atoms with Crippen LogP contribution in [0.4, 0.5) is 5.95 Å². The second-order valence-corrected chi connectivity index (χ2v) is 11.1. The number of benzene rings is 3. The van der Waals surface area contributed by atoms with E-state index in [1.165, 1.54) is 17.4 Å². The van der Waals surface area contributed by atoms with Gasteiger partial charge in [-0.3, -0.25) is 4.79 Å². The number of anilines is 1.